The normalized spacial score (nSPS) is 11.1. The minimum Gasteiger partial charge on any atom is -0.316 e. The number of benzene rings is 1. The highest BCUT2D eigenvalue weighted by Crippen LogP contribution is 2.22. The fourth-order valence-electron chi connectivity index (χ4n) is 2.61. The van der Waals surface area contributed by atoms with Crippen molar-refractivity contribution in [1.82, 2.24) is 15.1 Å². The molecule has 0 aliphatic rings. The van der Waals surface area contributed by atoms with Crippen molar-refractivity contribution < 1.29 is 4.39 Å². The zero-order chi connectivity index (χ0) is 15.4. The number of aromatic nitrogens is 2. The Labute approximate surface area is 130 Å². The Bertz CT molecular complexity index is 622. The molecule has 0 saturated carbocycles. The number of aryl methyl sites for hydroxylation is 1. The molecule has 0 unspecified atom stereocenters. The molecule has 3 nitrogen and oxygen atoms in total. The highest BCUT2D eigenvalue weighted by molar-refractivity contribution is 6.31. The molecule has 2 aromatic rings. The Balaban J connectivity index is 2.41. The minimum absolute atomic E-state index is 0.272. The monoisotopic (exact) mass is 309 g/mol. The fraction of sp³-hybridized carbons (Fsp3) is 0.438. The predicted molar refractivity (Wildman–Crippen MR) is 84.3 cm³/mol. The zero-order valence-corrected chi connectivity index (χ0v) is 13.5. The van der Waals surface area contributed by atoms with E-state index in [1.807, 2.05) is 11.7 Å². The van der Waals surface area contributed by atoms with Crippen molar-refractivity contribution >= 4 is 11.6 Å². The molecule has 0 aliphatic carbocycles. The summed E-state index contributed by atoms with van der Waals surface area (Å²) < 4.78 is 15.4. The molecule has 5 heteroatoms. The molecule has 0 bridgehead atoms. The van der Waals surface area contributed by atoms with E-state index in [0.717, 1.165) is 30.6 Å². The SMILES string of the molecule is CCc1nn(Cc2cc(F)ccc2Cl)c(CC)c1CNC. The molecular weight excluding hydrogens is 289 g/mol. The maximum atomic E-state index is 13.4. The molecule has 2 rings (SSSR count). The van der Waals surface area contributed by atoms with Gasteiger partial charge in [-0.3, -0.25) is 4.68 Å². The Kier molecular flexibility index (Phi) is 5.37. The maximum Gasteiger partial charge on any atom is 0.123 e. The van der Waals surface area contributed by atoms with Crippen LogP contribution in [0, 0.1) is 5.82 Å². The van der Waals surface area contributed by atoms with E-state index >= 15 is 0 Å². The van der Waals surface area contributed by atoms with Gasteiger partial charge < -0.3 is 5.32 Å². The smallest absolute Gasteiger partial charge is 0.123 e. The van der Waals surface area contributed by atoms with Gasteiger partial charge in [0, 0.05) is 22.8 Å². The van der Waals surface area contributed by atoms with E-state index in [2.05, 4.69) is 24.3 Å². The molecule has 0 fully saturated rings. The molecule has 1 aromatic heterocycles. The molecular formula is C16H21ClFN3. The first-order chi connectivity index (χ1) is 10.1. The van der Waals surface area contributed by atoms with Gasteiger partial charge in [0.1, 0.15) is 5.82 Å². The molecule has 114 valence electrons. The first-order valence-electron chi connectivity index (χ1n) is 7.26. The number of hydrogen-bond donors (Lipinski definition) is 1. The van der Waals surface area contributed by atoms with Crippen LogP contribution in [0.15, 0.2) is 18.2 Å². The Morgan fingerprint density at radius 2 is 2.05 bits per heavy atom. The van der Waals surface area contributed by atoms with Crippen molar-refractivity contribution in [3.05, 3.63) is 51.6 Å². The fourth-order valence-corrected chi connectivity index (χ4v) is 2.78. The predicted octanol–water partition coefficient (Wildman–Crippen LogP) is 3.57. The van der Waals surface area contributed by atoms with E-state index in [1.54, 1.807) is 6.07 Å². The summed E-state index contributed by atoms with van der Waals surface area (Å²) in [6.45, 7) is 5.50. The highest BCUT2D eigenvalue weighted by Gasteiger charge is 2.15. The van der Waals surface area contributed by atoms with Gasteiger partial charge >= 0.3 is 0 Å². The van der Waals surface area contributed by atoms with Crippen LogP contribution >= 0.6 is 11.6 Å². The lowest BCUT2D eigenvalue weighted by Crippen LogP contribution is -2.10. The van der Waals surface area contributed by atoms with Crippen LogP contribution in [0.4, 0.5) is 4.39 Å². The largest absolute Gasteiger partial charge is 0.316 e. The van der Waals surface area contributed by atoms with Gasteiger partial charge in [-0.15, -0.1) is 0 Å². The molecule has 0 spiro atoms. The van der Waals surface area contributed by atoms with Crippen LogP contribution in [-0.4, -0.2) is 16.8 Å². The Morgan fingerprint density at radius 3 is 2.67 bits per heavy atom. The van der Waals surface area contributed by atoms with E-state index in [9.17, 15) is 4.39 Å². The van der Waals surface area contributed by atoms with E-state index in [0.29, 0.717) is 11.6 Å². The standard InChI is InChI=1S/C16H21ClFN3/c1-4-15-13(9-19-3)16(5-2)21(20-15)10-11-8-12(18)6-7-14(11)17/h6-8,19H,4-5,9-10H2,1-3H3. The van der Waals surface area contributed by atoms with Crippen LogP contribution in [0.5, 0.6) is 0 Å². The maximum absolute atomic E-state index is 13.4. The molecule has 1 heterocycles. The molecule has 1 aromatic carbocycles. The van der Waals surface area contributed by atoms with Crippen molar-refractivity contribution in [3.63, 3.8) is 0 Å². The average molecular weight is 310 g/mol. The van der Waals surface area contributed by atoms with Gasteiger partial charge in [-0.2, -0.15) is 5.10 Å². The summed E-state index contributed by atoms with van der Waals surface area (Å²) in [6, 6.07) is 4.45. The summed E-state index contributed by atoms with van der Waals surface area (Å²) >= 11 is 6.16. The van der Waals surface area contributed by atoms with E-state index < -0.39 is 0 Å². The second-order valence-corrected chi connectivity index (χ2v) is 5.41. The van der Waals surface area contributed by atoms with Crippen molar-refractivity contribution in [2.75, 3.05) is 7.05 Å². The summed E-state index contributed by atoms with van der Waals surface area (Å²) in [5.74, 6) is -0.272. The van der Waals surface area contributed by atoms with Gasteiger partial charge in [-0.05, 0) is 43.7 Å². The van der Waals surface area contributed by atoms with Gasteiger partial charge in [0.25, 0.3) is 0 Å². The van der Waals surface area contributed by atoms with Crippen LogP contribution < -0.4 is 5.32 Å². The molecule has 21 heavy (non-hydrogen) atoms. The lowest BCUT2D eigenvalue weighted by atomic mass is 10.1. The van der Waals surface area contributed by atoms with Crippen molar-refractivity contribution in [2.45, 2.75) is 39.8 Å². The molecule has 0 radical (unpaired) electrons. The van der Waals surface area contributed by atoms with Gasteiger partial charge in [0.05, 0.1) is 12.2 Å². The van der Waals surface area contributed by atoms with Crippen molar-refractivity contribution in [1.29, 1.82) is 0 Å². The second kappa shape index (κ2) is 7.05. The molecule has 0 atom stereocenters. The summed E-state index contributed by atoms with van der Waals surface area (Å²) in [5.41, 5.74) is 4.28. The second-order valence-electron chi connectivity index (χ2n) is 5.00. The summed E-state index contributed by atoms with van der Waals surface area (Å²) in [4.78, 5) is 0. The molecule has 0 amide bonds. The third-order valence-electron chi connectivity index (χ3n) is 3.60. The van der Waals surface area contributed by atoms with E-state index in [-0.39, 0.29) is 5.82 Å². The highest BCUT2D eigenvalue weighted by atomic mass is 35.5. The Morgan fingerprint density at radius 1 is 1.29 bits per heavy atom. The number of halogens is 2. The number of rotatable bonds is 6. The van der Waals surface area contributed by atoms with Gasteiger partial charge in [-0.25, -0.2) is 4.39 Å². The van der Waals surface area contributed by atoms with Crippen LogP contribution in [0.1, 0.15) is 36.4 Å². The quantitative estimate of drug-likeness (QED) is 0.884. The van der Waals surface area contributed by atoms with E-state index in [1.165, 1.54) is 23.4 Å². The molecule has 1 N–H and O–H groups in total. The minimum atomic E-state index is -0.272. The van der Waals surface area contributed by atoms with Crippen molar-refractivity contribution in [2.24, 2.45) is 0 Å². The Hall–Kier alpha value is -1.39. The first kappa shape index (κ1) is 16.0. The van der Waals surface area contributed by atoms with Crippen LogP contribution in [0.3, 0.4) is 0 Å². The lowest BCUT2D eigenvalue weighted by Gasteiger charge is -2.09. The third-order valence-corrected chi connectivity index (χ3v) is 3.97. The molecule has 0 saturated heterocycles. The van der Waals surface area contributed by atoms with Crippen LogP contribution in [-0.2, 0) is 25.9 Å². The summed E-state index contributed by atoms with van der Waals surface area (Å²) in [5, 5.41) is 8.44. The third kappa shape index (κ3) is 3.44. The number of nitrogens with zero attached hydrogens (tertiary/aromatic N) is 2. The summed E-state index contributed by atoms with van der Waals surface area (Å²) in [7, 11) is 1.93. The number of hydrogen-bond acceptors (Lipinski definition) is 2. The zero-order valence-electron chi connectivity index (χ0n) is 12.7. The van der Waals surface area contributed by atoms with Gasteiger partial charge in [0.15, 0.2) is 0 Å². The lowest BCUT2D eigenvalue weighted by molar-refractivity contribution is 0.611. The topological polar surface area (TPSA) is 29.9 Å². The summed E-state index contributed by atoms with van der Waals surface area (Å²) in [6.07, 6.45) is 1.77. The number of nitrogens with one attached hydrogen (secondary N) is 1. The van der Waals surface area contributed by atoms with Crippen LogP contribution in [0.2, 0.25) is 5.02 Å². The first-order valence-corrected chi connectivity index (χ1v) is 7.64. The van der Waals surface area contributed by atoms with Gasteiger partial charge in [0.2, 0.25) is 0 Å². The van der Waals surface area contributed by atoms with Gasteiger partial charge in [-0.1, -0.05) is 25.4 Å². The van der Waals surface area contributed by atoms with Crippen molar-refractivity contribution in [3.8, 4) is 0 Å². The van der Waals surface area contributed by atoms with E-state index in [4.69, 9.17) is 11.6 Å². The average Bonchev–Trinajstić information content (AvgIpc) is 2.80. The molecule has 0 aliphatic heterocycles. The van der Waals surface area contributed by atoms with Crippen LogP contribution in [0.25, 0.3) is 0 Å².